The van der Waals surface area contributed by atoms with Crippen LogP contribution < -0.4 is 5.73 Å². The van der Waals surface area contributed by atoms with Gasteiger partial charge < -0.3 is 5.73 Å². The van der Waals surface area contributed by atoms with Gasteiger partial charge >= 0.3 is 0 Å². The van der Waals surface area contributed by atoms with E-state index >= 15 is 0 Å². The third kappa shape index (κ3) is 0.999. The van der Waals surface area contributed by atoms with Crippen LogP contribution >= 0.6 is 0 Å². The maximum absolute atomic E-state index is 8.80. The van der Waals surface area contributed by atoms with Gasteiger partial charge in [0.25, 0.3) is 0 Å². The Bertz CT molecular complexity index is 505. The second-order valence-electron chi connectivity index (χ2n) is 2.73. The monoisotopic (exact) mass is 173 g/mol. The summed E-state index contributed by atoms with van der Waals surface area (Å²) in [4.78, 5) is 4.03. The highest BCUT2D eigenvalue weighted by Gasteiger charge is 2.08. The van der Waals surface area contributed by atoms with Crippen LogP contribution in [0.1, 0.15) is 11.3 Å². The molecule has 5 nitrogen and oxygen atoms in total. The zero-order valence-corrected chi connectivity index (χ0v) is 7.02. The van der Waals surface area contributed by atoms with Gasteiger partial charge in [-0.15, -0.1) is 0 Å². The Balaban J connectivity index is 2.88. The molecule has 0 spiro atoms. The van der Waals surface area contributed by atoms with Gasteiger partial charge in [0.2, 0.25) is 0 Å². The number of aryl methyl sites for hydroxylation is 1. The standard InChI is InChI=1S/C8H7N5/c1-5-7(2-9)8-11-3-6(10)4-13(8)12-5/h3-4H,10H2,1H3. The van der Waals surface area contributed by atoms with Crippen LogP contribution in [0.4, 0.5) is 5.69 Å². The lowest BCUT2D eigenvalue weighted by atomic mass is 10.3. The molecular weight excluding hydrogens is 166 g/mol. The fourth-order valence-corrected chi connectivity index (χ4v) is 1.19. The van der Waals surface area contributed by atoms with Crippen LogP contribution in [0.25, 0.3) is 5.65 Å². The van der Waals surface area contributed by atoms with Crippen LogP contribution in [0.2, 0.25) is 0 Å². The second-order valence-corrected chi connectivity index (χ2v) is 2.73. The van der Waals surface area contributed by atoms with E-state index in [0.29, 0.717) is 22.6 Å². The second kappa shape index (κ2) is 2.45. The Kier molecular flexibility index (Phi) is 1.43. The molecule has 0 unspecified atom stereocenters. The van der Waals surface area contributed by atoms with Crippen molar-refractivity contribution in [3.63, 3.8) is 0 Å². The van der Waals surface area contributed by atoms with Crippen LogP contribution in [0.15, 0.2) is 12.4 Å². The summed E-state index contributed by atoms with van der Waals surface area (Å²) in [5, 5.41) is 12.9. The van der Waals surface area contributed by atoms with Crippen LogP contribution in [0.5, 0.6) is 0 Å². The van der Waals surface area contributed by atoms with Crippen molar-refractivity contribution in [2.75, 3.05) is 5.73 Å². The van der Waals surface area contributed by atoms with Gasteiger partial charge in [0.15, 0.2) is 5.65 Å². The highest BCUT2D eigenvalue weighted by Crippen LogP contribution is 2.12. The summed E-state index contributed by atoms with van der Waals surface area (Å²) < 4.78 is 1.52. The maximum Gasteiger partial charge on any atom is 0.173 e. The Morgan fingerprint density at radius 2 is 2.38 bits per heavy atom. The number of nitriles is 1. The Hall–Kier alpha value is -2.09. The van der Waals surface area contributed by atoms with E-state index in [1.807, 2.05) is 0 Å². The minimum Gasteiger partial charge on any atom is -0.396 e. The molecule has 0 aliphatic heterocycles. The molecule has 13 heavy (non-hydrogen) atoms. The van der Waals surface area contributed by atoms with E-state index in [9.17, 15) is 0 Å². The number of nitrogens with zero attached hydrogens (tertiary/aromatic N) is 4. The number of rotatable bonds is 0. The Labute approximate surface area is 74.4 Å². The smallest absolute Gasteiger partial charge is 0.173 e. The molecule has 2 heterocycles. The van der Waals surface area contributed by atoms with E-state index in [0.717, 1.165) is 0 Å². The van der Waals surface area contributed by atoms with Crippen LogP contribution in [-0.2, 0) is 0 Å². The first-order chi connectivity index (χ1) is 6.22. The normalized spacial score (nSPS) is 10.2. The molecule has 0 saturated heterocycles. The van der Waals surface area contributed by atoms with Crippen LogP contribution in [0.3, 0.4) is 0 Å². The molecule has 0 saturated carbocycles. The molecular formula is C8H7N5. The molecule has 2 N–H and O–H groups in total. The lowest BCUT2D eigenvalue weighted by Gasteiger charge is -1.92. The largest absolute Gasteiger partial charge is 0.396 e. The van der Waals surface area contributed by atoms with Crippen molar-refractivity contribution < 1.29 is 0 Å². The van der Waals surface area contributed by atoms with Crippen molar-refractivity contribution in [3.8, 4) is 6.07 Å². The quantitative estimate of drug-likeness (QED) is 0.628. The zero-order chi connectivity index (χ0) is 9.42. The van der Waals surface area contributed by atoms with Crippen LogP contribution in [0, 0.1) is 18.3 Å². The highest BCUT2D eigenvalue weighted by atomic mass is 15.3. The lowest BCUT2D eigenvalue weighted by Crippen LogP contribution is -1.94. The van der Waals surface area contributed by atoms with Crippen molar-refractivity contribution in [1.82, 2.24) is 14.6 Å². The fourth-order valence-electron chi connectivity index (χ4n) is 1.19. The summed E-state index contributed by atoms with van der Waals surface area (Å²) in [6, 6.07) is 2.05. The van der Waals surface area contributed by atoms with Gasteiger partial charge in [-0.25, -0.2) is 9.50 Å². The van der Waals surface area contributed by atoms with Crippen molar-refractivity contribution in [1.29, 1.82) is 5.26 Å². The van der Waals surface area contributed by atoms with Gasteiger partial charge in [0, 0.05) is 0 Å². The molecule has 0 aliphatic carbocycles. The molecule has 0 atom stereocenters. The van der Waals surface area contributed by atoms with E-state index in [1.54, 1.807) is 13.1 Å². The van der Waals surface area contributed by atoms with E-state index in [4.69, 9.17) is 11.0 Å². The molecule has 2 rings (SSSR count). The molecule has 0 bridgehead atoms. The first-order valence-corrected chi connectivity index (χ1v) is 3.73. The van der Waals surface area contributed by atoms with Crippen molar-refractivity contribution in [3.05, 3.63) is 23.7 Å². The first kappa shape index (κ1) is 7.55. The molecule has 0 aromatic carbocycles. The zero-order valence-electron chi connectivity index (χ0n) is 7.02. The number of fused-ring (bicyclic) bond motifs is 1. The van der Waals surface area contributed by atoms with Gasteiger partial charge in [-0.05, 0) is 6.92 Å². The number of hydrogen-bond acceptors (Lipinski definition) is 4. The number of nitrogens with two attached hydrogens (primary N) is 1. The third-order valence-electron chi connectivity index (χ3n) is 1.78. The molecule has 5 heteroatoms. The molecule has 64 valence electrons. The predicted octanol–water partition coefficient (Wildman–Crippen LogP) is 0.492. The third-order valence-corrected chi connectivity index (χ3v) is 1.78. The molecule has 2 aromatic rings. The topological polar surface area (TPSA) is 80.0 Å². The summed E-state index contributed by atoms with van der Waals surface area (Å²) >= 11 is 0. The van der Waals surface area contributed by atoms with E-state index in [-0.39, 0.29) is 0 Å². The number of hydrogen-bond donors (Lipinski definition) is 1. The molecule has 0 aliphatic rings. The summed E-state index contributed by atoms with van der Waals surface area (Å²) in [5.41, 5.74) is 7.76. The van der Waals surface area contributed by atoms with E-state index < -0.39 is 0 Å². The van der Waals surface area contributed by atoms with Gasteiger partial charge in [-0.1, -0.05) is 0 Å². The number of anilines is 1. The van der Waals surface area contributed by atoms with Crippen molar-refractivity contribution >= 4 is 11.3 Å². The summed E-state index contributed by atoms with van der Waals surface area (Å²) in [6.07, 6.45) is 3.15. The maximum atomic E-state index is 8.80. The molecule has 0 radical (unpaired) electrons. The minimum absolute atomic E-state index is 0.500. The van der Waals surface area contributed by atoms with Crippen LogP contribution in [-0.4, -0.2) is 14.6 Å². The SMILES string of the molecule is Cc1nn2cc(N)cnc2c1C#N. The van der Waals surface area contributed by atoms with E-state index in [1.165, 1.54) is 10.7 Å². The molecule has 0 amide bonds. The average Bonchev–Trinajstić information content (AvgIpc) is 2.39. The molecule has 0 fully saturated rings. The highest BCUT2D eigenvalue weighted by molar-refractivity contribution is 5.58. The lowest BCUT2D eigenvalue weighted by molar-refractivity contribution is 0.919. The van der Waals surface area contributed by atoms with Gasteiger partial charge in [0.05, 0.1) is 23.8 Å². The average molecular weight is 173 g/mol. The fraction of sp³-hybridized carbons (Fsp3) is 0.125. The first-order valence-electron chi connectivity index (χ1n) is 3.73. The van der Waals surface area contributed by atoms with Crippen molar-refractivity contribution in [2.24, 2.45) is 0 Å². The Morgan fingerprint density at radius 1 is 1.62 bits per heavy atom. The predicted molar refractivity (Wildman–Crippen MR) is 46.9 cm³/mol. The summed E-state index contributed by atoms with van der Waals surface area (Å²) in [5.74, 6) is 0. The molecule has 2 aromatic heterocycles. The summed E-state index contributed by atoms with van der Waals surface area (Å²) in [7, 11) is 0. The van der Waals surface area contributed by atoms with Crippen molar-refractivity contribution in [2.45, 2.75) is 6.92 Å². The minimum atomic E-state index is 0.500. The number of nitrogen functional groups attached to an aromatic ring is 1. The van der Waals surface area contributed by atoms with Gasteiger partial charge in [-0.3, -0.25) is 0 Å². The van der Waals surface area contributed by atoms with Gasteiger partial charge in [0.1, 0.15) is 11.6 Å². The Morgan fingerprint density at radius 3 is 3.08 bits per heavy atom. The van der Waals surface area contributed by atoms with Gasteiger partial charge in [-0.2, -0.15) is 10.4 Å². The van der Waals surface area contributed by atoms with E-state index in [2.05, 4.69) is 16.2 Å². The summed E-state index contributed by atoms with van der Waals surface area (Å²) in [6.45, 7) is 1.77. The number of aromatic nitrogens is 3.